The van der Waals surface area contributed by atoms with E-state index in [2.05, 4.69) is 15.0 Å². The van der Waals surface area contributed by atoms with E-state index in [-0.39, 0.29) is 42.4 Å². The molecule has 1 fully saturated rings. The van der Waals surface area contributed by atoms with Crippen molar-refractivity contribution in [2.24, 2.45) is 11.8 Å². The summed E-state index contributed by atoms with van der Waals surface area (Å²) in [6.07, 6.45) is 3.96. The number of rotatable bonds is 10. The molecular weight excluding hydrogens is 548 g/mol. The number of carbonyl (C=O) groups is 3. The maximum Gasteiger partial charge on any atom is 0.415 e. The number of carbonyl (C=O) groups excluding carboxylic acids is 3. The fraction of sp³-hybridized carbons (Fsp3) is 0.517. The van der Waals surface area contributed by atoms with Crippen molar-refractivity contribution < 1.29 is 32.3 Å². The maximum atomic E-state index is 13.2. The van der Waals surface area contributed by atoms with Crippen LogP contribution in [0.2, 0.25) is 0 Å². The number of aryl methyl sites for hydroxylation is 4. The number of amides is 2. The van der Waals surface area contributed by atoms with Crippen LogP contribution in [-0.4, -0.2) is 63.7 Å². The van der Waals surface area contributed by atoms with Gasteiger partial charge in [0, 0.05) is 25.2 Å². The van der Waals surface area contributed by atoms with Gasteiger partial charge in [0.2, 0.25) is 15.9 Å². The van der Waals surface area contributed by atoms with Gasteiger partial charge in [-0.3, -0.25) is 14.5 Å². The number of pyridine rings is 1. The molecule has 12 heteroatoms. The molecule has 0 radical (unpaired) electrons. The molecule has 41 heavy (non-hydrogen) atoms. The van der Waals surface area contributed by atoms with E-state index in [0.717, 1.165) is 24.0 Å². The van der Waals surface area contributed by atoms with Crippen LogP contribution in [0.15, 0.2) is 35.4 Å². The Balaban J connectivity index is 1.28. The van der Waals surface area contributed by atoms with Gasteiger partial charge in [0.05, 0.1) is 18.1 Å². The van der Waals surface area contributed by atoms with Crippen molar-refractivity contribution in [2.45, 2.75) is 64.3 Å². The van der Waals surface area contributed by atoms with Crippen molar-refractivity contribution in [1.82, 2.24) is 15.0 Å². The lowest BCUT2D eigenvalue weighted by atomic mass is 9.75. The molecule has 2 amide bonds. The van der Waals surface area contributed by atoms with Gasteiger partial charge in [0.25, 0.3) is 0 Å². The minimum Gasteiger partial charge on any atom is -0.465 e. The fourth-order valence-electron chi connectivity index (χ4n) is 5.53. The van der Waals surface area contributed by atoms with Crippen LogP contribution >= 0.6 is 0 Å². The quantitative estimate of drug-likeness (QED) is 0.405. The number of nitrogens with one attached hydrogen (secondary N) is 2. The molecule has 0 bridgehead atoms. The predicted molar refractivity (Wildman–Crippen MR) is 152 cm³/mol. The van der Waals surface area contributed by atoms with E-state index in [1.54, 1.807) is 44.0 Å². The largest absolute Gasteiger partial charge is 0.465 e. The fourth-order valence-corrected chi connectivity index (χ4v) is 7.17. The molecule has 1 saturated carbocycles. The van der Waals surface area contributed by atoms with E-state index in [1.807, 2.05) is 19.1 Å². The van der Waals surface area contributed by atoms with E-state index in [4.69, 9.17) is 9.47 Å². The number of sulfonamides is 1. The molecule has 0 spiro atoms. The summed E-state index contributed by atoms with van der Waals surface area (Å²) in [5.41, 5.74) is 3.06. The molecule has 1 aromatic heterocycles. The second-order valence-electron chi connectivity index (χ2n) is 10.8. The molecule has 1 aliphatic carbocycles. The zero-order valence-corrected chi connectivity index (χ0v) is 24.8. The standard InChI is InChI=1S/C29H38N4O7S/c1-5-39-28(35)24(32-41(37,38)25-19(3)12-18(2)13-20(25)4)16-31-27(34)23-14-21(15-23)17-40-29(36)33-11-7-9-22-8-6-10-30-26(22)33/h6,8,10,12-13,21,23-24,32H,5,7,9,11,14-17H2,1-4H3,(H,31,34)/t21?,23?,24-/m0/s1. The highest BCUT2D eigenvalue weighted by Crippen LogP contribution is 2.34. The van der Waals surface area contributed by atoms with E-state index in [1.165, 1.54) is 0 Å². The predicted octanol–water partition coefficient (Wildman–Crippen LogP) is 2.95. The van der Waals surface area contributed by atoms with Crippen molar-refractivity contribution in [1.29, 1.82) is 0 Å². The SMILES string of the molecule is CCOC(=O)[C@H](CNC(=O)C1CC(COC(=O)N2CCCc3cccnc32)C1)NS(=O)(=O)c1c(C)cc(C)cc1C. The van der Waals surface area contributed by atoms with Gasteiger partial charge in [-0.1, -0.05) is 23.8 Å². The second kappa shape index (κ2) is 13.0. The highest BCUT2D eigenvalue weighted by molar-refractivity contribution is 7.89. The summed E-state index contributed by atoms with van der Waals surface area (Å²) in [4.78, 5) is 44.0. The Bertz CT molecular complexity index is 1380. The minimum absolute atomic E-state index is 0.0366. The number of anilines is 1. The smallest absolute Gasteiger partial charge is 0.415 e. The van der Waals surface area contributed by atoms with E-state index in [9.17, 15) is 22.8 Å². The van der Waals surface area contributed by atoms with E-state index in [0.29, 0.717) is 36.3 Å². The summed E-state index contributed by atoms with van der Waals surface area (Å²) in [7, 11) is -4.07. The van der Waals surface area contributed by atoms with Gasteiger partial charge in [0.15, 0.2) is 0 Å². The van der Waals surface area contributed by atoms with Gasteiger partial charge >= 0.3 is 12.1 Å². The van der Waals surface area contributed by atoms with Crippen LogP contribution in [-0.2, 0) is 35.5 Å². The number of benzene rings is 1. The summed E-state index contributed by atoms with van der Waals surface area (Å²) in [6, 6.07) is 6.04. The Labute approximate surface area is 241 Å². The van der Waals surface area contributed by atoms with Crippen molar-refractivity contribution in [3.8, 4) is 0 Å². The lowest BCUT2D eigenvalue weighted by Crippen LogP contribution is -2.51. The van der Waals surface area contributed by atoms with Gasteiger partial charge in [0.1, 0.15) is 11.9 Å². The highest BCUT2D eigenvalue weighted by Gasteiger charge is 2.37. The number of hydrogen-bond acceptors (Lipinski definition) is 8. The Morgan fingerprint density at radius 1 is 1.12 bits per heavy atom. The summed E-state index contributed by atoms with van der Waals surface area (Å²) in [6.45, 7) is 7.45. The lowest BCUT2D eigenvalue weighted by Gasteiger charge is -2.35. The minimum atomic E-state index is -4.07. The van der Waals surface area contributed by atoms with Crippen LogP contribution in [0.3, 0.4) is 0 Å². The molecule has 222 valence electrons. The zero-order chi connectivity index (χ0) is 29.7. The van der Waals surface area contributed by atoms with Crippen LogP contribution in [0.1, 0.15) is 48.4 Å². The first-order chi connectivity index (χ1) is 19.5. The molecule has 2 N–H and O–H groups in total. The Kier molecular flexibility index (Phi) is 9.64. The van der Waals surface area contributed by atoms with Crippen LogP contribution in [0.4, 0.5) is 10.6 Å². The Morgan fingerprint density at radius 3 is 2.51 bits per heavy atom. The first kappa shape index (κ1) is 30.4. The van der Waals surface area contributed by atoms with Crippen LogP contribution in [0, 0.1) is 32.6 Å². The summed E-state index contributed by atoms with van der Waals surface area (Å²) < 4.78 is 39.5. The number of hydrogen-bond donors (Lipinski definition) is 2. The first-order valence-corrected chi connectivity index (χ1v) is 15.4. The number of ether oxygens (including phenoxy) is 2. The molecule has 2 aliphatic rings. The Hall–Kier alpha value is -3.51. The van der Waals surface area contributed by atoms with Crippen molar-refractivity contribution >= 4 is 33.8 Å². The molecule has 0 unspecified atom stereocenters. The van der Waals surface area contributed by atoms with Crippen LogP contribution in [0.5, 0.6) is 0 Å². The second-order valence-corrected chi connectivity index (χ2v) is 12.4. The third-order valence-corrected chi connectivity index (χ3v) is 9.22. The van der Waals surface area contributed by atoms with Gasteiger partial charge < -0.3 is 14.8 Å². The average molecular weight is 587 g/mol. The van der Waals surface area contributed by atoms with Crippen LogP contribution in [0.25, 0.3) is 0 Å². The number of aromatic nitrogens is 1. The first-order valence-electron chi connectivity index (χ1n) is 13.9. The molecule has 1 aromatic carbocycles. The van der Waals surface area contributed by atoms with Crippen molar-refractivity contribution in [3.63, 3.8) is 0 Å². The number of esters is 1. The number of fused-ring (bicyclic) bond motifs is 1. The van der Waals surface area contributed by atoms with Crippen molar-refractivity contribution in [2.75, 3.05) is 31.2 Å². The summed E-state index contributed by atoms with van der Waals surface area (Å²) in [5.74, 6) is -0.718. The van der Waals surface area contributed by atoms with Crippen LogP contribution < -0.4 is 14.9 Å². The molecule has 11 nitrogen and oxygen atoms in total. The highest BCUT2D eigenvalue weighted by atomic mass is 32.2. The molecule has 4 rings (SSSR count). The summed E-state index contributed by atoms with van der Waals surface area (Å²) >= 11 is 0. The summed E-state index contributed by atoms with van der Waals surface area (Å²) in [5, 5.41) is 2.69. The molecule has 1 atom stereocenters. The molecule has 2 heterocycles. The van der Waals surface area contributed by atoms with E-state index < -0.39 is 28.1 Å². The normalized spacial score (nSPS) is 19.0. The third-order valence-electron chi connectivity index (χ3n) is 7.44. The molecule has 0 saturated heterocycles. The number of nitrogens with zero attached hydrogens (tertiary/aromatic N) is 2. The van der Waals surface area contributed by atoms with Gasteiger partial charge in [-0.15, -0.1) is 0 Å². The van der Waals surface area contributed by atoms with Gasteiger partial charge in [-0.25, -0.2) is 18.2 Å². The molecule has 1 aliphatic heterocycles. The molecule has 2 aromatic rings. The Morgan fingerprint density at radius 2 is 1.83 bits per heavy atom. The topological polar surface area (TPSA) is 144 Å². The zero-order valence-electron chi connectivity index (χ0n) is 23.9. The van der Waals surface area contributed by atoms with Crippen molar-refractivity contribution in [3.05, 3.63) is 52.7 Å². The third kappa shape index (κ3) is 7.23. The van der Waals surface area contributed by atoms with E-state index >= 15 is 0 Å². The van der Waals surface area contributed by atoms with Gasteiger partial charge in [-0.05, 0) is 82.1 Å². The average Bonchev–Trinajstić information content (AvgIpc) is 2.88. The lowest BCUT2D eigenvalue weighted by molar-refractivity contribution is -0.145. The van der Waals surface area contributed by atoms with Gasteiger partial charge in [-0.2, -0.15) is 4.72 Å². The molecular formula is C29H38N4O7S. The maximum absolute atomic E-state index is 13.2. The monoisotopic (exact) mass is 586 g/mol.